The zero-order chi connectivity index (χ0) is 16.3. The van der Waals surface area contributed by atoms with Gasteiger partial charge in [-0.1, -0.05) is 25.0 Å². The smallest absolute Gasteiger partial charge is 0.240 e. The first-order valence-corrected chi connectivity index (χ1v) is 9.92. The first-order valence-electron chi connectivity index (χ1n) is 8.43. The highest BCUT2D eigenvalue weighted by molar-refractivity contribution is 7.89. The lowest BCUT2D eigenvalue weighted by atomic mass is 10.1. The van der Waals surface area contributed by atoms with Crippen molar-refractivity contribution in [1.29, 1.82) is 0 Å². The standard InChI is InChI=1S/C17H24N2O3S/c20-17(18-14-8-9-14)12-7-13-5-10-16(11-6-13)23(21,22)19-15-3-1-2-4-15/h5-6,10-11,14-15,19H,1-4,7-9,12H2,(H,18,20). The van der Waals surface area contributed by atoms with Crippen LogP contribution < -0.4 is 10.0 Å². The summed E-state index contributed by atoms with van der Waals surface area (Å²) in [7, 11) is -3.43. The fraction of sp³-hybridized carbons (Fsp3) is 0.588. The molecule has 126 valence electrons. The van der Waals surface area contributed by atoms with Gasteiger partial charge in [0.15, 0.2) is 0 Å². The molecule has 0 aliphatic heterocycles. The van der Waals surface area contributed by atoms with Crippen LogP contribution in [0, 0.1) is 0 Å². The highest BCUT2D eigenvalue weighted by Gasteiger charge is 2.24. The molecule has 5 nitrogen and oxygen atoms in total. The Kier molecular flexibility index (Phi) is 5.02. The average Bonchev–Trinajstić information content (AvgIpc) is 3.19. The molecule has 0 radical (unpaired) electrons. The molecular weight excluding hydrogens is 312 g/mol. The van der Waals surface area contributed by atoms with Crippen LogP contribution in [0.15, 0.2) is 29.2 Å². The fourth-order valence-electron chi connectivity index (χ4n) is 2.95. The lowest BCUT2D eigenvalue weighted by Gasteiger charge is -2.12. The molecule has 2 fully saturated rings. The molecule has 0 atom stereocenters. The van der Waals surface area contributed by atoms with Gasteiger partial charge in [0.05, 0.1) is 4.90 Å². The first kappa shape index (κ1) is 16.5. The van der Waals surface area contributed by atoms with Crippen LogP contribution in [-0.2, 0) is 21.2 Å². The normalized spacial score (nSPS) is 19.0. The minimum atomic E-state index is -3.43. The molecular formula is C17H24N2O3S. The predicted molar refractivity (Wildman–Crippen MR) is 88.5 cm³/mol. The molecule has 0 unspecified atom stereocenters. The van der Waals surface area contributed by atoms with E-state index in [0.717, 1.165) is 44.1 Å². The Morgan fingerprint density at radius 1 is 1.00 bits per heavy atom. The van der Waals surface area contributed by atoms with Crippen LogP contribution in [0.1, 0.15) is 50.5 Å². The summed E-state index contributed by atoms with van der Waals surface area (Å²) >= 11 is 0. The van der Waals surface area contributed by atoms with Crippen molar-refractivity contribution in [2.75, 3.05) is 0 Å². The average molecular weight is 336 g/mol. The fourth-order valence-corrected chi connectivity index (χ4v) is 4.26. The highest BCUT2D eigenvalue weighted by atomic mass is 32.2. The van der Waals surface area contributed by atoms with E-state index in [4.69, 9.17) is 0 Å². The van der Waals surface area contributed by atoms with Gasteiger partial charge in [0.2, 0.25) is 15.9 Å². The van der Waals surface area contributed by atoms with Gasteiger partial charge in [0.1, 0.15) is 0 Å². The zero-order valence-corrected chi connectivity index (χ0v) is 14.1. The second kappa shape index (κ2) is 7.01. The van der Waals surface area contributed by atoms with Crippen molar-refractivity contribution in [3.63, 3.8) is 0 Å². The Balaban J connectivity index is 1.54. The largest absolute Gasteiger partial charge is 0.353 e. The van der Waals surface area contributed by atoms with Gasteiger partial charge < -0.3 is 5.32 Å². The van der Waals surface area contributed by atoms with Crippen LogP contribution in [0.2, 0.25) is 0 Å². The van der Waals surface area contributed by atoms with E-state index < -0.39 is 10.0 Å². The number of hydrogen-bond acceptors (Lipinski definition) is 3. The van der Waals surface area contributed by atoms with Gasteiger partial charge in [-0.3, -0.25) is 4.79 Å². The monoisotopic (exact) mass is 336 g/mol. The molecule has 0 saturated heterocycles. The maximum Gasteiger partial charge on any atom is 0.240 e. The van der Waals surface area contributed by atoms with Gasteiger partial charge in [-0.15, -0.1) is 0 Å². The van der Waals surface area contributed by atoms with Crippen molar-refractivity contribution >= 4 is 15.9 Å². The molecule has 2 N–H and O–H groups in total. The third-order valence-corrected chi connectivity index (χ3v) is 6.03. The number of amides is 1. The summed E-state index contributed by atoms with van der Waals surface area (Å²) in [6.45, 7) is 0. The third-order valence-electron chi connectivity index (χ3n) is 4.49. The van der Waals surface area contributed by atoms with Crippen LogP contribution >= 0.6 is 0 Å². The number of aryl methyl sites for hydroxylation is 1. The molecule has 1 aromatic carbocycles. The summed E-state index contributed by atoms with van der Waals surface area (Å²) in [5.41, 5.74) is 0.982. The minimum Gasteiger partial charge on any atom is -0.353 e. The summed E-state index contributed by atoms with van der Waals surface area (Å²) in [5, 5.41) is 2.96. The van der Waals surface area contributed by atoms with Gasteiger partial charge in [0, 0.05) is 18.5 Å². The molecule has 0 heterocycles. The Bertz CT molecular complexity index is 645. The van der Waals surface area contributed by atoms with E-state index in [0.29, 0.717) is 23.8 Å². The molecule has 3 rings (SSSR count). The molecule has 1 aromatic rings. The van der Waals surface area contributed by atoms with E-state index in [1.165, 1.54) is 0 Å². The second-order valence-corrected chi connectivity index (χ2v) is 8.30. The second-order valence-electron chi connectivity index (χ2n) is 6.59. The number of sulfonamides is 1. The van der Waals surface area contributed by atoms with E-state index in [1.54, 1.807) is 24.3 Å². The van der Waals surface area contributed by atoms with Crippen molar-refractivity contribution < 1.29 is 13.2 Å². The van der Waals surface area contributed by atoms with Gasteiger partial charge in [-0.05, 0) is 49.8 Å². The van der Waals surface area contributed by atoms with E-state index in [-0.39, 0.29) is 11.9 Å². The first-order chi connectivity index (χ1) is 11.0. The number of rotatable bonds is 7. The molecule has 0 bridgehead atoms. The number of benzene rings is 1. The number of carbonyl (C=O) groups is 1. The highest BCUT2D eigenvalue weighted by Crippen LogP contribution is 2.21. The minimum absolute atomic E-state index is 0.0748. The van der Waals surface area contributed by atoms with Crippen LogP contribution in [0.5, 0.6) is 0 Å². The lowest BCUT2D eigenvalue weighted by Crippen LogP contribution is -2.32. The Morgan fingerprint density at radius 2 is 1.65 bits per heavy atom. The number of carbonyl (C=O) groups excluding carboxylic acids is 1. The van der Waals surface area contributed by atoms with Gasteiger partial charge in [-0.25, -0.2) is 13.1 Å². The quantitative estimate of drug-likeness (QED) is 0.801. The molecule has 6 heteroatoms. The topological polar surface area (TPSA) is 75.3 Å². The Hall–Kier alpha value is -1.40. The summed E-state index contributed by atoms with van der Waals surface area (Å²) < 4.78 is 27.4. The van der Waals surface area contributed by atoms with Gasteiger partial charge in [-0.2, -0.15) is 0 Å². The van der Waals surface area contributed by atoms with Crippen molar-refractivity contribution in [2.24, 2.45) is 0 Å². The number of hydrogen-bond donors (Lipinski definition) is 2. The van der Waals surface area contributed by atoms with Crippen LogP contribution in [0.25, 0.3) is 0 Å². The molecule has 2 aliphatic rings. The SMILES string of the molecule is O=C(CCc1ccc(S(=O)(=O)NC2CCCC2)cc1)NC1CC1. The summed E-state index contributed by atoms with van der Waals surface area (Å²) in [4.78, 5) is 12.0. The number of nitrogens with one attached hydrogen (secondary N) is 2. The molecule has 1 amide bonds. The van der Waals surface area contributed by atoms with E-state index in [9.17, 15) is 13.2 Å². The third kappa shape index (κ3) is 4.78. The molecule has 0 spiro atoms. The van der Waals surface area contributed by atoms with Crippen LogP contribution in [0.3, 0.4) is 0 Å². The molecule has 2 aliphatic carbocycles. The maximum absolute atomic E-state index is 12.3. The van der Waals surface area contributed by atoms with Crippen molar-refractivity contribution in [1.82, 2.24) is 10.0 Å². The zero-order valence-electron chi connectivity index (χ0n) is 13.3. The summed E-state index contributed by atoms with van der Waals surface area (Å²) in [6, 6.07) is 7.32. The van der Waals surface area contributed by atoms with E-state index >= 15 is 0 Å². The Morgan fingerprint density at radius 3 is 2.26 bits per heavy atom. The summed E-state index contributed by atoms with van der Waals surface area (Å²) in [6.07, 6.45) is 7.29. The summed E-state index contributed by atoms with van der Waals surface area (Å²) in [5.74, 6) is 0.0760. The van der Waals surface area contributed by atoms with E-state index in [1.807, 2.05) is 0 Å². The van der Waals surface area contributed by atoms with Crippen LogP contribution in [0.4, 0.5) is 0 Å². The van der Waals surface area contributed by atoms with Crippen molar-refractivity contribution in [3.05, 3.63) is 29.8 Å². The molecule has 2 saturated carbocycles. The maximum atomic E-state index is 12.3. The Labute approximate surface area is 137 Å². The molecule has 23 heavy (non-hydrogen) atoms. The van der Waals surface area contributed by atoms with Crippen molar-refractivity contribution in [2.45, 2.75) is 68.3 Å². The van der Waals surface area contributed by atoms with Crippen molar-refractivity contribution in [3.8, 4) is 0 Å². The predicted octanol–water partition coefficient (Wildman–Crippen LogP) is 2.12. The van der Waals surface area contributed by atoms with Gasteiger partial charge in [0.25, 0.3) is 0 Å². The molecule has 0 aromatic heterocycles. The lowest BCUT2D eigenvalue weighted by molar-refractivity contribution is -0.121. The van der Waals surface area contributed by atoms with E-state index in [2.05, 4.69) is 10.0 Å². The van der Waals surface area contributed by atoms with Gasteiger partial charge >= 0.3 is 0 Å². The van der Waals surface area contributed by atoms with Crippen LogP contribution in [-0.4, -0.2) is 26.4 Å².